The zero-order valence-corrected chi connectivity index (χ0v) is 16.4. The largest absolute Gasteiger partial charge is 0.409 e. The molecule has 0 saturated heterocycles. The Morgan fingerprint density at radius 3 is 1.28 bits per heavy atom. The second-order valence-electron chi connectivity index (χ2n) is 7.54. The van der Waals surface area contributed by atoms with E-state index in [9.17, 15) is 5.11 Å². The Bertz CT molecular complexity index is 247. The summed E-state index contributed by atoms with van der Waals surface area (Å²) in [6.07, 6.45) is 0. The van der Waals surface area contributed by atoms with Crippen LogP contribution in [0.15, 0.2) is 0 Å². The molecule has 0 heterocycles. The Balaban J connectivity index is 4.81. The topological polar surface area (TPSA) is 47.9 Å². The van der Waals surface area contributed by atoms with Crippen LogP contribution >= 0.6 is 0 Å². The highest BCUT2D eigenvalue weighted by atomic mass is 28.4. The maximum atomic E-state index is 10.6. The molecule has 0 aliphatic carbocycles. The molecule has 0 bridgehead atoms. The third-order valence-corrected chi connectivity index (χ3v) is 4.49. The standard InChI is InChI=1S/C11H30O4Si3/c1-16(2,3)13-10-11(12,14-17(4,5)6)15-18(7,8)9/h12H,10H2,1-9H3. The molecular formula is C11H30O4Si3. The van der Waals surface area contributed by atoms with Gasteiger partial charge in [-0.05, 0) is 58.9 Å². The number of hydrogen-bond donors (Lipinski definition) is 1. The Hall–Kier alpha value is 0.491. The highest BCUT2D eigenvalue weighted by Gasteiger charge is 2.40. The van der Waals surface area contributed by atoms with Crippen LogP contribution in [0.3, 0.4) is 0 Å². The van der Waals surface area contributed by atoms with Crippen molar-refractivity contribution in [3.05, 3.63) is 0 Å². The van der Waals surface area contributed by atoms with E-state index in [4.69, 9.17) is 13.3 Å². The Morgan fingerprint density at radius 1 is 0.722 bits per heavy atom. The minimum Gasteiger partial charge on any atom is -0.409 e. The lowest BCUT2D eigenvalue weighted by atomic mass is 10.6. The number of aliphatic hydroxyl groups is 1. The van der Waals surface area contributed by atoms with E-state index >= 15 is 0 Å². The quantitative estimate of drug-likeness (QED) is 0.579. The predicted octanol–water partition coefficient (Wildman–Crippen LogP) is 3.19. The maximum absolute atomic E-state index is 10.6. The maximum Gasteiger partial charge on any atom is 0.285 e. The Labute approximate surface area is 115 Å². The van der Waals surface area contributed by atoms with Crippen LogP contribution in [0.5, 0.6) is 0 Å². The normalized spacial score (nSPS) is 15.0. The average molecular weight is 311 g/mol. The summed E-state index contributed by atoms with van der Waals surface area (Å²) in [5.41, 5.74) is 0. The summed E-state index contributed by atoms with van der Waals surface area (Å²) < 4.78 is 17.4. The molecule has 18 heavy (non-hydrogen) atoms. The molecule has 0 aromatic rings. The van der Waals surface area contributed by atoms with Gasteiger partial charge in [-0.25, -0.2) is 0 Å². The van der Waals surface area contributed by atoms with Crippen molar-refractivity contribution in [1.29, 1.82) is 0 Å². The molecule has 0 aliphatic heterocycles. The molecule has 110 valence electrons. The van der Waals surface area contributed by atoms with Crippen LogP contribution in [0, 0.1) is 0 Å². The first-order valence-corrected chi connectivity index (χ1v) is 16.6. The fourth-order valence-corrected chi connectivity index (χ4v) is 4.16. The van der Waals surface area contributed by atoms with Gasteiger partial charge in [0.15, 0.2) is 25.0 Å². The molecule has 1 N–H and O–H groups in total. The molecule has 0 aliphatic rings. The van der Waals surface area contributed by atoms with E-state index in [-0.39, 0.29) is 6.61 Å². The van der Waals surface area contributed by atoms with Gasteiger partial charge < -0.3 is 18.4 Å². The molecule has 0 fully saturated rings. The third kappa shape index (κ3) is 10.4. The van der Waals surface area contributed by atoms with Gasteiger partial charge >= 0.3 is 0 Å². The zero-order chi connectivity index (χ0) is 14.8. The molecule has 0 amide bonds. The first-order chi connectivity index (χ1) is 7.62. The van der Waals surface area contributed by atoms with Crippen molar-refractivity contribution in [3.8, 4) is 0 Å². The van der Waals surface area contributed by atoms with Crippen LogP contribution < -0.4 is 0 Å². The summed E-state index contributed by atoms with van der Waals surface area (Å²) in [5.74, 6) is -1.59. The van der Waals surface area contributed by atoms with Crippen molar-refractivity contribution in [2.24, 2.45) is 0 Å². The van der Waals surface area contributed by atoms with Crippen molar-refractivity contribution in [3.63, 3.8) is 0 Å². The van der Waals surface area contributed by atoms with E-state index < -0.39 is 30.9 Å². The molecule has 4 nitrogen and oxygen atoms in total. The van der Waals surface area contributed by atoms with Crippen LogP contribution in [0.2, 0.25) is 58.9 Å². The van der Waals surface area contributed by atoms with Crippen LogP contribution in [-0.2, 0) is 13.3 Å². The summed E-state index contributed by atoms with van der Waals surface area (Å²) in [6.45, 7) is 18.5. The van der Waals surface area contributed by atoms with E-state index in [0.29, 0.717) is 0 Å². The van der Waals surface area contributed by atoms with E-state index in [1.807, 2.05) is 39.3 Å². The van der Waals surface area contributed by atoms with Gasteiger partial charge in [0.2, 0.25) is 0 Å². The summed E-state index contributed by atoms with van der Waals surface area (Å²) >= 11 is 0. The second-order valence-corrected chi connectivity index (χ2v) is 20.9. The van der Waals surface area contributed by atoms with E-state index in [0.717, 1.165) is 0 Å². The minimum atomic E-state index is -1.91. The smallest absolute Gasteiger partial charge is 0.285 e. The van der Waals surface area contributed by atoms with Gasteiger partial charge in [-0.2, -0.15) is 0 Å². The minimum absolute atomic E-state index is 0.0945. The molecule has 0 rings (SSSR count). The molecule has 0 aromatic heterocycles. The monoisotopic (exact) mass is 310 g/mol. The van der Waals surface area contributed by atoms with Crippen molar-refractivity contribution in [1.82, 2.24) is 0 Å². The van der Waals surface area contributed by atoms with Gasteiger partial charge in [0, 0.05) is 0 Å². The molecule has 0 spiro atoms. The lowest BCUT2D eigenvalue weighted by Gasteiger charge is -2.39. The predicted molar refractivity (Wildman–Crippen MR) is 83.1 cm³/mol. The van der Waals surface area contributed by atoms with Crippen LogP contribution in [0.4, 0.5) is 0 Å². The van der Waals surface area contributed by atoms with Crippen molar-refractivity contribution >= 4 is 25.0 Å². The molecule has 7 heteroatoms. The first kappa shape index (κ1) is 18.5. The fraction of sp³-hybridized carbons (Fsp3) is 1.00. The van der Waals surface area contributed by atoms with Crippen LogP contribution in [0.1, 0.15) is 0 Å². The summed E-state index contributed by atoms with van der Waals surface area (Å²) in [7, 11) is -5.52. The molecular weight excluding hydrogens is 280 g/mol. The van der Waals surface area contributed by atoms with Gasteiger partial charge in [0.05, 0.1) is 0 Å². The Kier molecular flexibility index (Phi) is 6.02. The molecule has 0 radical (unpaired) electrons. The highest BCUT2D eigenvalue weighted by Crippen LogP contribution is 2.23. The molecule has 0 atom stereocenters. The van der Waals surface area contributed by atoms with E-state index in [2.05, 4.69) is 19.6 Å². The van der Waals surface area contributed by atoms with E-state index in [1.54, 1.807) is 0 Å². The zero-order valence-electron chi connectivity index (χ0n) is 13.4. The van der Waals surface area contributed by atoms with Crippen LogP contribution in [-0.4, -0.2) is 42.6 Å². The molecule has 0 saturated carbocycles. The van der Waals surface area contributed by atoms with Crippen LogP contribution in [0.25, 0.3) is 0 Å². The summed E-state index contributed by atoms with van der Waals surface area (Å²) in [4.78, 5) is 0. The lowest BCUT2D eigenvalue weighted by Crippen LogP contribution is -2.54. The molecule has 0 unspecified atom stereocenters. The third-order valence-electron chi connectivity index (χ3n) is 1.62. The summed E-state index contributed by atoms with van der Waals surface area (Å²) in [6, 6.07) is 0. The summed E-state index contributed by atoms with van der Waals surface area (Å²) in [5, 5.41) is 10.6. The highest BCUT2D eigenvalue weighted by molar-refractivity contribution is 6.71. The van der Waals surface area contributed by atoms with Crippen molar-refractivity contribution in [2.75, 3.05) is 6.61 Å². The van der Waals surface area contributed by atoms with Crippen molar-refractivity contribution in [2.45, 2.75) is 64.9 Å². The number of rotatable bonds is 7. The lowest BCUT2D eigenvalue weighted by molar-refractivity contribution is -0.297. The Morgan fingerprint density at radius 2 is 1.06 bits per heavy atom. The van der Waals surface area contributed by atoms with Gasteiger partial charge in [-0.15, -0.1) is 0 Å². The molecule has 0 aromatic carbocycles. The second kappa shape index (κ2) is 5.86. The first-order valence-electron chi connectivity index (χ1n) is 6.39. The van der Waals surface area contributed by atoms with E-state index in [1.165, 1.54) is 0 Å². The number of hydrogen-bond acceptors (Lipinski definition) is 4. The van der Waals surface area contributed by atoms with Gasteiger partial charge in [-0.1, -0.05) is 0 Å². The van der Waals surface area contributed by atoms with Gasteiger partial charge in [0.1, 0.15) is 6.61 Å². The fourth-order valence-electron chi connectivity index (χ4n) is 1.34. The van der Waals surface area contributed by atoms with Crippen molar-refractivity contribution < 1.29 is 18.4 Å². The van der Waals surface area contributed by atoms with Gasteiger partial charge in [0.25, 0.3) is 5.97 Å². The van der Waals surface area contributed by atoms with Gasteiger partial charge in [-0.3, -0.25) is 0 Å². The SMILES string of the molecule is C[Si](C)(C)OCC(O)(O[Si](C)(C)C)O[Si](C)(C)C. The average Bonchev–Trinajstić information content (AvgIpc) is 1.91.